The molecular weight excluding hydrogens is 239 g/mol. The first-order chi connectivity index (χ1) is 6.86. The van der Waals surface area contributed by atoms with Gasteiger partial charge in [0, 0.05) is 0 Å². The van der Waals surface area contributed by atoms with Crippen LogP contribution in [0.5, 0.6) is 0 Å². The van der Waals surface area contributed by atoms with E-state index < -0.39 is 0 Å². The average Bonchev–Trinajstić information content (AvgIpc) is 2.72. The zero-order valence-corrected chi connectivity index (χ0v) is 9.36. The van der Waals surface area contributed by atoms with Crippen molar-refractivity contribution in [2.75, 3.05) is 0 Å². The maximum absolute atomic E-state index is 11.7. The van der Waals surface area contributed by atoms with Gasteiger partial charge in [0.1, 0.15) is 0 Å². The van der Waals surface area contributed by atoms with Gasteiger partial charge in [0.2, 0.25) is 0 Å². The second kappa shape index (κ2) is 4.41. The predicted octanol–water partition coefficient (Wildman–Crippen LogP) is 2.17. The Balaban J connectivity index is 2.11. The second-order valence-electron chi connectivity index (χ2n) is 3.05. The van der Waals surface area contributed by atoms with E-state index in [1.165, 1.54) is 4.44 Å². The van der Waals surface area contributed by atoms with Crippen molar-refractivity contribution >= 4 is 20.3 Å². The first-order valence-corrected chi connectivity index (χ1v) is 6.31. The molecule has 0 unspecified atom stereocenters. The van der Waals surface area contributed by atoms with Gasteiger partial charge in [0.05, 0.1) is 0 Å². The molecule has 0 aliphatic rings. The van der Waals surface area contributed by atoms with Crippen LogP contribution in [0.15, 0.2) is 47.4 Å². The van der Waals surface area contributed by atoms with E-state index >= 15 is 0 Å². The number of carbonyl (C=O) groups excluding carboxylic acids is 1. The minimum atomic E-state index is 0.224. The third-order valence-corrected chi connectivity index (χ3v) is 3.85. The Hall–Kier alpha value is -1.11. The van der Waals surface area contributed by atoms with E-state index in [2.05, 4.69) is 11.0 Å². The molecular formula is C12H10OSe. The van der Waals surface area contributed by atoms with Crippen LogP contribution in [-0.2, 0) is 6.42 Å². The Morgan fingerprint density at radius 3 is 2.50 bits per heavy atom. The first-order valence-electron chi connectivity index (χ1n) is 4.47. The van der Waals surface area contributed by atoms with E-state index in [9.17, 15) is 4.79 Å². The second-order valence-corrected chi connectivity index (χ2v) is 5.21. The predicted molar refractivity (Wildman–Crippen MR) is 57.9 cm³/mol. The molecule has 0 aliphatic heterocycles. The van der Waals surface area contributed by atoms with Crippen LogP contribution in [0.2, 0.25) is 0 Å². The number of hydrogen-bond acceptors (Lipinski definition) is 1. The van der Waals surface area contributed by atoms with Crippen LogP contribution in [0.4, 0.5) is 0 Å². The maximum atomic E-state index is 11.7. The van der Waals surface area contributed by atoms with Gasteiger partial charge in [-0.25, -0.2) is 0 Å². The fourth-order valence-corrected chi connectivity index (χ4v) is 2.77. The van der Waals surface area contributed by atoms with Gasteiger partial charge < -0.3 is 0 Å². The molecule has 0 fully saturated rings. The third-order valence-electron chi connectivity index (χ3n) is 2.01. The zero-order valence-electron chi connectivity index (χ0n) is 7.64. The van der Waals surface area contributed by atoms with Crippen molar-refractivity contribution in [3.63, 3.8) is 0 Å². The van der Waals surface area contributed by atoms with Gasteiger partial charge in [-0.15, -0.1) is 0 Å². The van der Waals surface area contributed by atoms with Crippen LogP contribution >= 0.6 is 0 Å². The summed E-state index contributed by atoms with van der Waals surface area (Å²) in [6, 6.07) is 13.6. The van der Waals surface area contributed by atoms with Crippen LogP contribution in [0.1, 0.15) is 14.8 Å². The van der Waals surface area contributed by atoms with E-state index in [1.807, 2.05) is 36.4 Å². The number of hydrogen-bond donors (Lipinski definition) is 0. The summed E-state index contributed by atoms with van der Waals surface area (Å²) >= 11 is 0.407. The van der Waals surface area contributed by atoms with Crippen molar-refractivity contribution < 1.29 is 4.79 Å². The van der Waals surface area contributed by atoms with Gasteiger partial charge >= 0.3 is 88.9 Å². The summed E-state index contributed by atoms with van der Waals surface area (Å²) in [6.45, 7) is 0. The monoisotopic (exact) mass is 250 g/mol. The van der Waals surface area contributed by atoms with E-state index in [4.69, 9.17) is 0 Å². The standard InChI is InChI=1S/C12H10OSe/c13-12(9-11-7-4-8-14-11)10-5-2-1-3-6-10/h1-8H,9H2. The topological polar surface area (TPSA) is 17.1 Å². The Bertz CT molecular complexity index is 403. The van der Waals surface area contributed by atoms with Gasteiger partial charge in [-0.2, -0.15) is 0 Å². The SMILES string of the molecule is O=C(Cc1ccc[se]1)c1ccccc1. The number of rotatable bonds is 3. The molecule has 0 N–H and O–H groups in total. The van der Waals surface area contributed by atoms with Crippen LogP contribution < -0.4 is 0 Å². The summed E-state index contributed by atoms with van der Waals surface area (Å²) in [4.78, 5) is 13.9. The normalized spacial score (nSPS) is 10.0. The fraction of sp³-hybridized carbons (Fsp3) is 0.0833. The van der Waals surface area contributed by atoms with Gasteiger partial charge in [0.25, 0.3) is 0 Å². The van der Waals surface area contributed by atoms with E-state index in [0.29, 0.717) is 20.9 Å². The van der Waals surface area contributed by atoms with Crippen molar-refractivity contribution in [3.05, 3.63) is 57.4 Å². The molecule has 70 valence electrons. The van der Waals surface area contributed by atoms with Crippen molar-refractivity contribution in [1.29, 1.82) is 0 Å². The molecule has 2 heteroatoms. The molecule has 1 nitrogen and oxygen atoms in total. The van der Waals surface area contributed by atoms with E-state index in [1.54, 1.807) is 0 Å². The quantitative estimate of drug-likeness (QED) is 0.602. The van der Waals surface area contributed by atoms with Crippen molar-refractivity contribution in [3.8, 4) is 0 Å². The summed E-state index contributed by atoms with van der Waals surface area (Å²) in [7, 11) is 0. The molecule has 2 aromatic rings. The molecule has 1 aromatic carbocycles. The molecule has 0 amide bonds. The molecule has 0 aliphatic carbocycles. The summed E-state index contributed by atoms with van der Waals surface area (Å²) in [6.07, 6.45) is 0.580. The van der Waals surface area contributed by atoms with Gasteiger partial charge in [-0.05, 0) is 0 Å². The van der Waals surface area contributed by atoms with Gasteiger partial charge in [-0.1, -0.05) is 0 Å². The summed E-state index contributed by atoms with van der Waals surface area (Å²) in [5.74, 6) is 0.224. The fourth-order valence-electron chi connectivity index (χ4n) is 1.30. The third kappa shape index (κ3) is 2.22. The summed E-state index contributed by atoms with van der Waals surface area (Å²) in [5, 5.41) is 0. The number of Topliss-reactive ketones (excluding diaryl/α,β-unsaturated/α-hetero) is 1. The van der Waals surface area contributed by atoms with Gasteiger partial charge in [0.15, 0.2) is 0 Å². The van der Waals surface area contributed by atoms with Crippen LogP contribution in [-0.4, -0.2) is 20.3 Å². The van der Waals surface area contributed by atoms with Crippen LogP contribution in [0, 0.1) is 0 Å². The van der Waals surface area contributed by atoms with Crippen LogP contribution in [0.3, 0.4) is 0 Å². The van der Waals surface area contributed by atoms with Crippen molar-refractivity contribution in [2.45, 2.75) is 6.42 Å². The molecule has 14 heavy (non-hydrogen) atoms. The average molecular weight is 249 g/mol. The van der Waals surface area contributed by atoms with Crippen molar-refractivity contribution in [2.24, 2.45) is 0 Å². The summed E-state index contributed by atoms with van der Waals surface area (Å²) < 4.78 is 1.27. The Labute approximate surface area is 89.1 Å². The number of carbonyl (C=O) groups is 1. The van der Waals surface area contributed by atoms with E-state index in [0.717, 1.165) is 5.56 Å². The molecule has 0 saturated heterocycles. The number of ketones is 1. The van der Waals surface area contributed by atoms with Gasteiger partial charge in [-0.3, -0.25) is 0 Å². The zero-order chi connectivity index (χ0) is 9.80. The molecule has 1 aromatic heterocycles. The molecule has 2 rings (SSSR count). The number of benzene rings is 1. The van der Waals surface area contributed by atoms with E-state index in [-0.39, 0.29) is 5.78 Å². The molecule has 0 radical (unpaired) electrons. The Morgan fingerprint density at radius 2 is 1.86 bits per heavy atom. The van der Waals surface area contributed by atoms with Crippen molar-refractivity contribution in [1.82, 2.24) is 0 Å². The summed E-state index contributed by atoms with van der Waals surface area (Å²) in [5.41, 5.74) is 0.816. The molecule has 0 atom stereocenters. The Morgan fingerprint density at radius 1 is 1.07 bits per heavy atom. The first kappa shape index (κ1) is 9.44. The molecule has 1 heterocycles. The molecule has 0 spiro atoms. The van der Waals surface area contributed by atoms with Crippen LogP contribution in [0.25, 0.3) is 0 Å². The Kier molecular flexibility index (Phi) is 2.97. The minimum absolute atomic E-state index is 0.224. The molecule has 0 bridgehead atoms. The molecule has 0 saturated carbocycles.